The van der Waals surface area contributed by atoms with Gasteiger partial charge in [0.05, 0.1) is 0 Å². The van der Waals surface area contributed by atoms with Crippen LogP contribution in [-0.2, 0) is 0 Å². The maximum atomic E-state index is 2.70. The lowest BCUT2D eigenvalue weighted by Crippen LogP contribution is -2.60. The Morgan fingerprint density at radius 3 is 0.931 bits per heavy atom. The van der Waals surface area contributed by atoms with Crippen molar-refractivity contribution in [2.45, 2.75) is 76.0 Å². The Balaban J connectivity index is 0.738. The molecule has 0 radical (unpaired) electrons. The predicted molar refractivity (Wildman–Crippen MR) is 319 cm³/mol. The van der Waals surface area contributed by atoms with Gasteiger partial charge in [0.15, 0.2) is 0 Å². The zero-order valence-corrected chi connectivity index (χ0v) is 46.0. The highest BCUT2D eigenvalue weighted by molar-refractivity contribution is 7.07. The molecular formula is C66H60N2Si4. The van der Waals surface area contributed by atoms with Crippen molar-refractivity contribution < 1.29 is 0 Å². The molecule has 0 saturated carbocycles. The number of nitrogens with zero attached hydrogens (tertiary/aromatic N) is 2. The summed E-state index contributed by atoms with van der Waals surface area (Å²) in [5, 5.41) is 12.9. The van der Waals surface area contributed by atoms with E-state index in [-0.39, 0.29) is 0 Å². The maximum Gasteiger partial charge on any atom is 0.123 e. The van der Waals surface area contributed by atoms with Gasteiger partial charge in [0, 0.05) is 34.1 Å². The summed E-state index contributed by atoms with van der Waals surface area (Å²) < 4.78 is 0. The second-order valence-corrected chi connectivity index (χ2v) is 40.3. The predicted octanol–water partition coefficient (Wildman–Crippen LogP) is 12.9. The zero-order chi connectivity index (χ0) is 48.1. The minimum Gasteiger partial charge on any atom is -0.311 e. The van der Waals surface area contributed by atoms with E-state index < -0.39 is 32.3 Å². The summed E-state index contributed by atoms with van der Waals surface area (Å²) in [6.45, 7) is 10.4. The van der Waals surface area contributed by atoms with Crippen molar-refractivity contribution in [2.24, 2.45) is 0 Å². The van der Waals surface area contributed by atoms with Crippen LogP contribution in [0.2, 0.25) is 50.4 Å². The summed E-state index contributed by atoms with van der Waals surface area (Å²) in [6.07, 6.45) is 5.43. The Hall–Kier alpha value is -6.55. The lowest BCUT2D eigenvalue weighted by molar-refractivity contribution is 0.935. The molecule has 0 aliphatic carbocycles. The number of fused-ring (bicyclic) bond motifs is 14. The molecule has 0 bridgehead atoms. The molecule has 72 heavy (non-hydrogen) atoms. The third-order valence-corrected chi connectivity index (χ3v) is 36.6. The van der Waals surface area contributed by atoms with Gasteiger partial charge in [-0.05, 0) is 165 Å². The second-order valence-electron chi connectivity index (χ2n) is 23.1. The van der Waals surface area contributed by atoms with Crippen molar-refractivity contribution in [1.29, 1.82) is 0 Å². The Morgan fingerprint density at radius 1 is 0.278 bits per heavy atom. The van der Waals surface area contributed by atoms with Gasteiger partial charge in [-0.1, -0.05) is 191 Å². The smallest absolute Gasteiger partial charge is 0.123 e. The second kappa shape index (κ2) is 15.5. The van der Waals surface area contributed by atoms with Gasteiger partial charge in [0.2, 0.25) is 0 Å². The van der Waals surface area contributed by atoms with Crippen LogP contribution in [0.1, 0.15) is 25.7 Å². The fraction of sp³-hybridized carbons (Fsp3) is 0.182. The largest absolute Gasteiger partial charge is 0.311 e. The van der Waals surface area contributed by atoms with Gasteiger partial charge < -0.3 is 9.80 Å². The average molecular weight is 994 g/mol. The summed E-state index contributed by atoms with van der Waals surface area (Å²) in [7, 11) is -7.53. The number of hydrogen-bond donors (Lipinski definition) is 0. The van der Waals surface area contributed by atoms with E-state index in [1.807, 2.05) is 0 Å². The first-order valence-electron chi connectivity index (χ1n) is 26.8. The molecule has 0 unspecified atom stereocenters. The van der Waals surface area contributed by atoms with Crippen LogP contribution in [0.5, 0.6) is 0 Å². The minimum atomic E-state index is -2.01. The molecule has 9 aromatic rings. The van der Waals surface area contributed by atoms with Crippen molar-refractivity contribution in [3.8, 4) is 44.5 Å². The summed E-state index contributed by atoms with van der Waals surface area (Å²) in [5.41, 5.74) is 19.1. The van der Waals surface area contributed by atoms with Crippen LogP contribution >= 0.6 is 0 Å². The summed E-state index contributed by atoms with van der Waals surface area (Å²) in [6, 6.07) is 82.0. The van der Waals surface area contributed by atoms with Crippen LogP contribution in [-0.4, -0.2) is 32.3 Å². The fourth-order valence-corrected chi connectivity index (χ4v) is 32.7. The molecule has 6 aliphatic rings. The molecular weight excluding hydrogens is 933 g/mol. The van der Waals surface area contributed by atoms with Gasteiger partial charge in [-0.25, -0.2) is 0 Å². The van der Waals surface area contributed by atoms with Gasteiger partial charge in [-0.15, -0.1) is 0 Å². The minimum absolute atomic E-state index is 1.25. The molecule has 9 aromatic carbocycles. The number of benzene rings is 9. The highest BCUT2D eigenvalue weighted by Crippen LogP contribution is 2.46. The molecule has 6 heteroatoms. The van der Waals surface area contributed by atoms with E-state index in [0.29, 0.717) is 0 Å². The Morgan fingerprint density at radius 2 is 0.583 bits per heavy atom. The van der Waals surface area contributed by atoms with Gasteiger partial charge in [-0.2, -0.15) is 0 Å². The highest BCUT2D eigenvalue weighted by atomic mass is 28.3. The molecule has 6 aliphatic heterocycles. The number of anilines is 6. The number of hydrogen-bond acceptors (Lipinski definition) is 2. The van der Waals surface area contributed by atoms with E-state index in [9.17, 15) is 0 Å². The SMILES string of the molecule is C[Si]1(C)c2cc(-c3ccc(N4c5ccccc5[Si]5(CCCC5)c5ccccc54)cc3)ccc2-c2cc3c(cc21)[Si](C)(C)c1cc(-c2ccc(N4c5ccccc5[Si]5(CCCC5)c5ccccc54)cc2)ccc1-3. The van der Waals surface area contributed by atoms with Crippen molar-refractivity contribution in [3.05, 3.63) is 194 Å². The standard InChI is InChI=1S/C66H60N2Si4/c1-69(2)63-41-47(45-25-31-49(32-26-45)67-55-17-5-9-21-59(55)71(37-13-14-38-71)60-22-10-6-18-56(60)67)29-35-51(63)53-43-54-52-36-30-48(42-64(52)70(3,4)66(54)44-65(53)69)46-27-33-50(34-28-46)68-57-19-7-11-23-61(57)72(39-15-16-40-72)62-24-12-8-20-58(62)68/h5-12,17-36,41-44H,13-16,37-40H2,1-4H3. The van der Waals surface area contributed by atoms with Gasteiger partial charge in [0.25, 0.3) is 0 Å². The van der Waals surface area contributed by atoms with Crippen molar-refractivity contribution in [1.82, 2.24) is 0 Å². The first-order chi connectivity index (χ1) is 35.2. The van der Waals surface area contributed by atoms with E-state index in [1.165, 1.54) is 128 Å². The van der Waals surface area contributed by atoms with Gasteiger partial charge >= 0.3 is 0 Å². The van der Waals surface area contributed by atoms with Crippen molar-refractivity contribution in [3.63, 3.8) is 0 Å². The molecule has 0 amide bonds. The first kappa shape index (κ1) is 43.1. The summed E-state index contributed by atoms with van der Waals surface area (Å²) in [5.74, 6) is 0. The number of rotatable bonds is 4. The van der Waals surface area contributed by atoms with Crippen LogP contribution in [0.3, 0.4) is 0 Å². The average Bonchev–Trinajstić information content (AvgIpc) is 4.21. The fourth-order valence-electron chi connectivity index (χ4n) is 15.4. The molecule has 350 valence electrons. The molecule has 2 nitrogen and oxygen atoms in total. The van der Waals surface area contributed by atoms with E-state index in [2.05, 4.69) is 230 Å². The van der Waals surface area contributed by atoms with Crippen molar-refractivity contribution >= 4 is 108 Å². The molecule has 2 fully saturated rings. The van der Waals surface area contributed by atoms with Crippen LogP contribution in [0.25, 0.3) is 44.5 Å². The molecule has 6 heterocycles. The lowest BCUT2D eigenvalue weighted by atomic mass is 9.96. The van der Waals surface area contributed by atoms with Crippen molar-refractivity contribution in [2.75, 3.05) is 9.80 Å². The van der Waals surface area contributed by atoms with Crippen LogP contribution in [0.15, 0.2) is 194 Å². The third kappa shape index (κ3) is 5.86. The van der Waals surface area contributed by atoms with Crippen LogP contribution < -0.4 is 51.3 Å². The Bertz CT molecular complexity index is 3390. The monoisotopic (exact) mass is 992 g/mol. The normalized spacial score (nSPS) is 18.2. The Labute approximate surface area is 429 Å². The third-order valence-electron chi connectivity index (χ3n) is 18.9. The molecule has 15 rings (SSSR count). The number of para-hydroxylation sites is 4. The van der Waals surface area contributed by atoms with Gasteiger partial charge in [0.1, 0.15) is 32.3 Å². The van der Waals surface area contributed by atoms with E-state index >= 15 is 0 Å². The topological polar surface area (TPSA) is 6.48 Å². The first-order valence-corrected chi connectivity index (χ1v) is 37.7. The van der Waals surface area contributed by atoms with E-state index in [1.54, 1.807) is 41.5 Å². The molecule has 0 aromatic heterocycles. The van der Waals surface area contributed by atoms with Crippen LogP contribution in [0.4, 0.5) is 34.1 Å². The zero-order valence-electron chi connectivity index (χ0n) is 42.0. The molecule has 2 saturated heterocycles. The van der Waals surface area contributed by atoms with E-state index in [0.717, 1.165) is 0 Å². The molecule has 2 spiro atoms. The van der Waals surface area contributed by atoms with Gasteiger partial charge in [-0.3, -0.25) is 0 Å². The molecule has 0 N–H and O–H groups in total. The quantitative estimate of drug-likeness (QED) is 0.162. The van der Waals surface area contributed by atoms with E-state index in [4.69, 9.17) is 0 Å². The lowest BCUT2D eigenvalue weighted by Gasteiger charge is -2.42. The summed E-state index contributed by atoms with van der Waals surface area (Å²) >= 11 is 0. The highest BCUT2D eigenvalue weighted by Gasteiger charge is 2.49. The Kier molecular flexibility index (Phi) is 9.26. The van der Waals surface area contributed by atoms with Crippen LogP contribution in [0, 0.1) is 0 Å². The summed E-state index contributed by atoms with van der Waals surface area (Å²) in [4.78, 5) is 5.11. The molecule has 0 atom stereocenters. The maximum absolute atomic E-state index is 2.70.